The number of carbonyl (C=O) groups is 1. The van der Waals surface area contributed by atoms with E-state index in [1.807, 2.05) is 0 Å². The number of hydrogen-bond acceptors (Lipinski definition) is 4. The molecule has 0 heterocycles. The van der Waals surface area contributed by atoms with Crippen molar-refractivity contribution in [2.45, 2.75) is 0 Å². The van der Waals surface area contributed by atoms with Gasteiger partial charge in [-0.15, -0.1) is 0 Å². The predicted molar refractivity (Wildman–Crippen MR) is 55.6 cm³/mol. The molecule has 0 aromatic heterocycles. The van der Waals surface area contributed by atoms with E-state index in [-0.39, 0.29) is 35.3 Å². The fraction of sp³-hybridized carbons (Fsp3) is 0.125. The molecule has 7 heteroatoms. The number of aliphatic carboxylic acids is 1. The van der Waals surface area contributed by atoms with Gasteiger partial charge in [-0.3, -0.25) is 4.79 Å². The molecule has 0 saturated heterocycles. The molecule has 1 aromatic carbocycles. The first-order chi connectivity index (χ1) is 6.49. The Kier molecular flexibility index (Phi) is 5.89. The molecule has 5 nitrogen and oxygen atoms in total. The molecule has 0 amide bonds. The molecule has 1 N–H and O–H groups in total. The molecule has 78 valence electrons. The third-order valence-electron chi connectivity index (χ3n) is 1.27. The van der Waals surface area contributed by atoms with E-state index >= 15 is 0 Å². The maximum absolute atomic E-state index is 11.0. The number of benzene rings is 1. The van der Waals surface area contributed by atoms with Gasteiger partial charge < -0.3 is 9.29 Å². The van der Waals surface area contributed by atoms with Gasteiger partial charge in [0.25, 0.3) is 0 Å². The molecule has 0 aliphatic carbocycles. The van der Waals surface area contributed by atoms with Gasteiger partial charge in [0.2, 0.25) is 0 Å². The van der Waals surface area contributed by atoms with Crippen molar-refractivity contribution in [3.05, 3.63) is 30.3 Å². The zero-order valence-electron chi connectivity index (χ0n) is 7.08. The Morgan fingerprint density at radius 1 is 1.27 bits per heavy atom. The summed E-state index contributed by atoms with van der Waals surface area (Å²) in [6, 6.07) is 7.73. The van der Waals surface area contributed by atoms with E-state index in [4.69, 9.17) is 5.11 Å². The summed E-state index contributed by atoms with van der Waals surface area (Å²) in [6.07, 6.45) is 0. The third kappa shape index (κ3) is 5.78. The van der Waals surface area contributed by atoms with Crippen molar-refractivity contribution in [3.8, 4) is 5.75 Å². The average molecular weight is 240 g/mol. The Bertz CT molecular complexity index is 414. The van der Waals surface area contributed by atoms with Crippen molar-refractivity contribution in [1.82, 2.24) is 0 Å². The van der Waals surface area contributed by atoms with Crippen LogP contribution in [0.2, 0.25) is 0 Å². The summed E-state index contributed by atoms with van der Waals surface area (Å²) in [5, 5.41) is 8.27. The molecule has 0 aliphatic heterocycles. The van der Waals surface area contributed by atoms with Crippen LogP contribution in [0.1, 0.15) is 0 Å². The standard InChI is InChI=1S/C8H8O5S.Na.H/c9-8(10)6-14(11,12)13-7-4-2-1-3-5-7;;/h1-5H,6H2,(H,9,10);;. The van der Waals surface area contributed by atoms with Crippen LogP contribution in [0.3, 0.4) is 0 Å². The number of carboxylic acid groups (broad SMARTS) is 1. The second-order valence-electron chi connectivity index (χ2n) is 2.49. The van der Waals surface area contributed by atoms with Crippen LogP contribution in [0.15, 0.2) is 30.3 Å². The molecule has 1 aromatic rings. The Hall–Kier alpha value is -0.560. The molecule has 1 rings (SSSR count). The third-order valence-corrected chi connectivity index (χ3v) is 2.31. The Morgan fingerprint density at radius 3 is 2.27 bits per heavy atom. The van der Waals surface area contributed by atoms with Crippen LogP contribution < -0.4 is 4.18 Å². The van der Waals surface area contributed by atoms with Gasteiger partial charge in [-0.2, -0.15) is 8.42 Å². The summed E-state index contributed by atoms with van der Waals surface area (Å²) in [5.74, 6) is -2.38. The molecular weight excluding hydrogens is 231 g/mol. The second-order valence-corrected chi connectivity index (χ2v) is 4.06. The van der Waals surface area contributed by atoms with Crippen LogP contribution in [-0.4, -0.2) is 54.8 Å². The van der Waals surface area contributed by atoms with Crippen LogP contribution in [-0.2, 0) is 14.9 Å². The monoisotopic (exact) mass is 240 g/mol. The minimum absolute atomic E-state index is 0. The molecular formula is C8H9NaO5S. The number of para-hydroxylation sites is 1. The molecule has 0 fully saturated rings. The van der Waals surface area contributed by atoms with Gasteiger partial charge in [0.05, 0.1) is 0 Å². The fourth-order valence-electron chi connectivity index (χ4n) is 0.803. The molecule has 15 heavy (non-hydrogen) atoms. The van der Waals surface area contributed by atoms with Crippen molar-refractivity contribution in [3.63, 3.8) is 0 Å². The van der Waals surface area contributed by atoms with Gasteiger partial charge in [0.1, 0.15) is 5.75 Å². The van der Waals surface area contributed by atoms with Crippen molar-refractivity contribution >= 4 is 45.6 Å². The van der Waals surface area contributed by atoms with Crippen LogP contribution in [0, 0.1) is 0 Å². The van der Waals surface area contributed by atoms with Crippen LogP contribution in [0.5, 0.6) is 5.75 Å². The van der Waals surface area contributed by atoms with Crippen molar-refractivity contribution < 1.29 is 22.5 Å². The molecule has 0 saturated carbocycles. The first kappa shape index (κ1) is 14.4. The second kappa shape index (κ2) is 6.12. The maximum atomic E-state index is 11.0. The normalized spacial score (nSPS) is 10.1. The molecule has 0 bridgehead atoms. The number of rotatable bonds is 4. The SMILES string of the molecule is O=C(O)CS(=O)(=O)Oc1ccccc1.[NaH]. The molecule has 0 unspecified atom stereocenters. The Labute approximate surface area is 109 Å². The van der Waals surface area contributed by atoms with E-state index in [0.717, 1.165) is 0 Å². The molecule has 0 radical (unpaired) electrons. The van der Waals surface area contributed by atoms with Crippen molar-refractivity contribution in [2.75, 3.05) is 5.75 Å². The van der Waals surface area contributed by atoms with Crippen molar-refractivity contribution in [1.29, 1.82) is 0 Å². The van der Waals surface area contributed by atoms with E-state index in [1.165, 1.54) is 12.1 Å². The zero-order chi connectivity index (χ0) is 10.6. The van der Waals surface area contributed by atoms with Gasteiger partial charge in [-0.1, -0.05) is 18.2 Å². The quantitative estimate of drug-likeness (QED) is 0.583. The number of hydrogen-bond donors (Lipinski definition) is 1. The summed E-state index contributed by atoms with van der Waals surface area (Å²) in [5.41, 5.74) is 0. The summed E-state index contributed by atoms with van der Waals surface area (Å²) in [6.45, 7) is 0. The summed E-state index contributed by atoms with van der Waals surface area (Å²) in [7, 11) is -4.03. The number of carboxylic acids is 1. The van der Waals surface area contributed by atoms with E-state index in [9.17, 15) is 13.2 Å². The summed E-state index contributed by atoms with van der Waals surface area (Å²) >= 11 is 0. The summed E-state index contributed by atoms with van der Waals surface area (Å²) < 4.78 is 26.5. The zero-order valence-corrected chi connectivity index (χ0v) is 7.90. The van der Waals surface area contributed by atoms with E-state index in [2.05, 4.69) is 4.18 Å². The molecule has 0 atom stereocenters. The minimum atomic E-state index is -4.03. The van der Waals surface area contributed by atoms with E-state index in [1.54, 1.807) is 18.2 Å². The van der Waals surface area contributed by atoms with E-state index < -0.39 is 21.8 Å². The van der Waals surface area contributed by atoms with Crippen molar-refractivity contribution in [2.24, 2.45) is 0 Å². The summed E-state index contributed by atoms with van der Waals surface area (Å²) in [4.78, 5) is 10.1. The van der Waals surface area contributed by atoms with Crippen LogP contribution in [0.25, 0.3) is 0 Å². The molecule has 0 aliphatic rings. The fourth-order valence-corrected chi connectivity index (χ4v) is 1.57. The van der Waals surface area contributed by atoms with Crippen LogP contribution >= 0.6 is 0 Å². The predicted octanol–water partition coefficient (Wildman–Crippen LogP) is -0.169. The van der Waals surface area contributed by atoms with Gasteiger partial charge in [0, 0.05) is 0 Å². The molecule has 0 spiro atoms. The average Bonchev–Trinajstić information content (AvgIpc) is 2.02. The van der Waals surface area contributed by atoms with Gasteiger partial charge >= 0.3 is 45.6 Å². The first-order valence-corrected chi connectivity index (χ1v) is 5.26. The van der Waals surface area contributed by atoms with Gasteiger partial charge in [0.15, 0.2) is 5.75 Å². The Morgan fingerprint density at radius 2 is 1.80 bits per heavy atom. The van der Waals surface area contributed by atoms with Gasteiger partial charge in [-0.05, 0) is 12.1 Å². The van der Waals surface area contributed by atoms with Gasteiger partial charge in [-0.25, -0.2) is 0 Å². The van der Waals surface area contributed by atoms with E-state index in [0.29, 0.717) is 0 Å². The Balaban J connectivity index is 0.00000196. The first-order valence-electron chi connectivity index (χ1n) is 3.68. The van der Waals surface area contributed by atoms with Crippen LogP contribution in [0.4, 0.5) is 0 Å². The topological polar surface area (TPSA) is 80.7 Å².